The van der Waals surface area contributed by atoms with Gasteiger partial charge in [0, 0.05) is 17.9 Å². The Bertz CT molecular complexity index is 742. The fourth-order valence-corrected chi connectivity index (χ4v) is 3.06. The standard InChI is InChI=1S/C16H16F3N3O2/c17-16(18,19)10-21-6-5-12(20-21)9-22-13(8-15(23)24)7-11-3-1-2-4-14(11)22/h1-6,13H,7-10H2,(H,23,24)/t13-/m0/s1. The van der Waals surface area contributed by atoms with E-state index in [1.54, 1.807) is 0 Å². The van der Waals surface area contributed by atoms with Crippen molar-refractivity contribution in [3.8, 4) is 0 Å². The summed E-state index contributed by atoms with van der Waals surface area (Å²) in [5.41, 5.74) is 2.43. The number of aromatic nitrogens is 2. The zero-order valence-electron chi connectivity index (χ0n) is 12.7. The molecule has 128 valence electrons. The molecule has 0 saturated carbocycles. The third kappa shape index (κ3) is 3.69. The molecular formula is C16H16F3N3O2. The summed E-state index contributed by atoms with van der Waals surface area (Å²) in [5, 5.41) is 13.1. The van der Waals surface area contributed by atoms with Crippen LogP contribution in [0.15, 0.2) is 36.5 Å². The van der Waals surface area contributed by atoms with E-state index in [-0.39, 0.29) is 19.0 Å². The molecule has 3 rings (SSSR count). The van der Waals surface area contributed by atoms with Crippen LogP contribution in [0.3, 0.4) is 0 Å². The second-order valence-electron chi connectivity index (χ2n) is 5.83. The predicted octanol–water partition coefficient (Wildman–Crippen LogP) is 2.85. The largest absolute Gasteiger partial charge is 0.481 e. The number of aliphatic carboxylic acids is 1. The fourth-order valence-electron chi connectivity index (χ4n) is 3.06. The van der Waals surface area contributed by atoms with Gasteiger partial charge >= 0.3 is 12.1 Å². The van der Waals surface area contributed by atoms with Crippen LogP contribution in [0, 0.1) is 0 Å². The van der Waals surface area contributed by atoms with Crippen molar-refractivity contribution in [3.05, 3.63) is 47.8 Å². The van der Waals surface area contributed by atoms with Crippen molar-refractivity contribution >= 4 is 11.7 Å². The Hall–Kier alpha value is -2.51. The van der Waals surface area contributed by atoms with E-state index >= 15 is 0 Å². The maximum absolute atomic E-state index is 12.4. The van der Waals surface area contributed by atoms with E-state index < -0.39 is 18.7 Å². The number of carbonyl (C=O) groups is 1. The smallest absolute Gasteiger partial charge is 0.408 e. The molecule has 1 aliphatic rings. The number of para-hydroxylation sites is 1. The minimum atomic E-state index is -4.32. The number of rotatable bonds is 5. The molecule has 1 atom stereocenters. The first-order valence-electron chi connectivity index (χ1n) is 7.47. The molecule has 1 aliphatic heterocycles. The molecule has 5 nitrogen and oxygen atoms in total. The van der Waals surface area contributed by atoms with Crippen molar-refractivity contribution in [2.24, 2.45) is 0 Å². The summed E-state index contributed by atoms with van der Waals surface area (Å²) in [6.07, 6.45) is -2.46. The monoisotopic (exact) mass is 339 g/mol. The molecule has 2 aromatic rings. The second-order valence-corrected chi connectivity index (χ2v) is 5.83. The van der Waals surface area contributed by atoms with E-state index in [1.807, 2.05) is 29.2 Å². The minimum Gasteiger partial charge on any atom is -0.481 e. The Morgan fingerprint density at radius 3 is 2.75 bits per heavy atom. The number of anilines is 1. The maximum Gasteiger partial charge on any atom is 0.408 e. The van der Waals surface area contributed by atoms with E-state index in [0.29, 0.717) is 12.1 Å². The third-order valence-electron chi connectivity index (χ3n) is 3.98. The lowest BCUT2D eigenvalue weighted by Crippen LogP contribution is -2.33. The molecule has 24 heavy (non-hydrogen) atoms. The highest BCUT2D eigenvalue weighted by Gasteiger charge is 2.32. The van der Waals surface area contributed by atoms with Crippen molar-refractivity contribution in [2.75, 3.05) is 4.90 Å². The Balaban J connectivity index is 1.79. The molecule has 0 radical (unpaired) electrons. The molecule has 0 saturated heterocycles. The van der Waals surface area contributed by atoms with Crippen molar-refractivity contribution in [1.29, 1.82) is 0 Å². The first kappa shape index (κ1) is 16.4. The average Bonchev–Trinajstić information content (AvgIpc) is 3.02. The molecule has 0 unspecified atom stereocenters. The van der Waals surface area contributed by atoms with Gasteiger partial charge in [-0.2, -0.15) is 18.3 Å². The van der Waals surface area contributed by atoms with Gasteiger partial charge < -0.3 is 10.0 Å². The maximum atomic E-state index is 12.4. The zero-order chi connectivity index (χ0) is 17.3. The fraction of sp³-hybridized carbons (Fsp3) is 0.375. The van der Waals surface area contributed by atoms with Crippen LogP contribution in [0.5, 0.6) is 0 Å². The molecule has 0 fully saturated rings. The van der Waals surface area contributed by atoms with Crippen LogP contribution in [0.2, 0.25) is 0 Å². The Morgan fingerprint density at radius 2 is 2.04 bits per heavy atom. The van der Waals surface area contributed by atoms with E-state index in [9.17, 15) is 18.0 Å². The Kier molecular flexibility index (Phi) is 4.21. The van der Waals surface area contributed by atoms with E-state index in [1.165, 1.54) is 12.3 Å². The molecule has 8 heteroatoms. The van der Waals surface area contributed by atoms with Gasteiger partial charge in [-0.15, -0.1) is 0 Å². The van der Waals surface area contributed by atoms with Gasteiger partial charge in [-0.3, -0.25) is 9.48 Å². The predicted molar refractivity (Wildman–Crippen MR) is 80.7 cm³/mol. The highest BCUT2D eigenvalue weighted by Crippen LogP contribution is 2.34. The lowest BCUT2D eigenvalue weighted by Gasteiger charge is -2.25. The van der Waals surface area contributed by atoms with Crippen molar-refractivity contribution in [2.45, 2.75) is 38.1 Å². The van der Waals surface area contributed by atoms with Gasteiger partial charge in [-0.1, -0.05) is 18.2 Å². The summed E-state index contributed by atoms with van der Waals surface area (Å²) in [7, 11) is 0. The summed E-state index contributed by atoms with van der Waals surface area (Å²) in [6.45, 7) is -0.859. The van der Waals surface area contributed by atoms with Crippen LogP contribution in [0.25, 0.3) is 0 Å². The van der Waals surface area contributed by atoms with Crippen molar-refractivity contribution in [3.63, 3.8) is 0 Å². The zero-order valence-corrected chi connectivity index (χ0v) is 12.7. The Morgan fingerprint density at radius 1 is 1.29 bits per heavy atom. The molecule has 1 N–H and O–H groups in total. The normalized spacial score (nSPS) is 17.1. The van der Waals surface area contributed by atoms with Gasteiger partial charge in [-0.25, -0.2) is 0 Å². The summed E-state index contributed by atoms with van der Waals surface area (Å²) < 4.78 is 38.1. The number of benzene rings is 1. The van der Waals surface area contributed by atoms with E-state index in [4.69, 9.17) is 5.11 Å². The number of carboxylic acids is 1. The molecule has 1 aromatic carbocycles. The van der Waals surface area contributed by atoms with Gasteiger partial charge in [-0.05, 0) is 24.1 Å². The quantitative estimate of drug-likeness (QED) is 0.910. The van der Waals surface area contributed by atoms with Gasteiger partial charge in [0.25, 0.3) is 0 Å². The molecule has 0 aliphatic carbocycles. The highest BCUT2D eigenvalue weighted by atomic mass is 19.4. The highest BCUT2D eigenvalue weighted by molar-refractivity contribution is 5.70. The molecule has 0 spiro atoms. The number of alkyl halides is 3. The summed E-state index contributed by atoms with van der Waals surface area (Å²) in [4.78, 5) is 13.0. The number of fused-ring (bicyclic) bond motifs is 1. The van der Waals surface area contributed by atoms with Crippen LogP contribution < -0.4 is 4.90 Å². The molecule has 0 bridgehead atoms. The Labute approximate surface area is 136 Å². The minimum absolute atomic E-state index is 0.0298. The van der Waals surface area contributed by atoms with E-state index in [0.717, 1.165) is 15.9 Å². The van der Waals surface area contributed by atoms with Crippen LogP contribution in [-0.2, 0) is 24.3 Å². The molecule has 2 heterocycles. The van der Waals surface area contributed by atoms with Crippen LogP contribution in [0.4, 0.5) is 18.9 Å². The van der Waals surface area contributed by atoms with Gasteiger partial charge in [0.2, 0.25) is 0 Å². The number of hydrogen-bond donors (Lipinski definition) is 1. The number of hydrogen-bond acceptors (Lipinski definition) is 3. The summed E-state index contributed by atoms with van der Waals surface area (Å²) >= 11 is 0. The molecule has 0 amide bonds. The van der Waals surface area contributed by atoms with E-state index in [2.05, 4.69) is 5.10 Å². The SMILES string of the molecule is O=C(O)C[C@@H]1Cc2ccccc2N1Cc1ccn(CC(F)(F)F)n1. The summed E-state index contributed by atoms with van der Waals surface area (Å²) in [6, 6.07) is 8.88. The van der Waals surface area contributed by atoms with Crippen LogP contribution >= 0.6 is 0 Å². The van der Waals surface area contributed by atoms with Gasteiger partial charge in [0.1, 0.15) is 6.54 Å². The lowest BCUT2D eigenvalue weighted by molar-refractivity contribution is -0.142. The summed E-state index contributed by atoms with van der Waals surface area (Å²) in [5.74, 6) is -0.902. The van der Waals surface area contributed by atoms with Gasteiger partial charge in [0.05, 0.1) is 18.7 Å². The van der Waals surface area contributed by atoms with Crippen LogP contribution in [-0.4, -0.2) is 33.1 Å². The number of carboxylic acid groups (broad SMARTS) is 1. The average molecular weight is 339 g/mol. The second kappa shape index (κ2) is 6.18. The topological polar surface area (TPSA) is 58.4 Å². The lowest BCUT2D eigenvalue weighted by atomic mass is 10.1. The van der Waals surface area contributed by atoms with Crippen molar-refractivity contribution < 1.29 is 23.1 Å². The number of nitrogens with zero attached hydrogens (tertiary/aromatic N) is 3. The van der Waals surface area contributed by atoms with Crippen LogP contribution in [0.1, 0.15) is 17.7 Å². The molecule has 1 aromatic heterocycles. The first-order chi connectivity index (χ1) is 11.3. The third-order valence-corrected chi connectivity index (χ3v) is 3.98. The van der Waals surface area contributed by atoms with Gasteiger partial charge in [0.15, 0.2) is 0 Å². The molecular weight excluding hydrogens is 323 g/mol. The van der Waals surface area contributed by atoms with Crippen molar-refractivity contribution in [1.82, 2.24) is 9.78 Å². The first-order valence-corrected chi connectivity index (χ1v) is 7.47. The number of halogens is 3.